The van der Waals surface area contributed by atoms with Gasteiger partial charge in [0.1, 0.15) is 17.9 Å². The average molecular weight is 369 g/mol. The quantitative estimate of drug-likeness (QED) is 0.762. The van der Waals surface area contributed by atoms with E-state index in [1.807, 2.05) is 0 Å². The molecule has 2 aromatic heterocycles. The predicted octanol–water partition coefficient (Wildman–Crippen LogP) is 3.05. The number of hydrogen-bond acceptors (Lipinski definition) is 6. The molecule has 4 heterocycles. The van der Waals surface area contributed by atoms with Crippen molar-refractivity contribution in [3.63, 3.8) is 0 Å². The molecule has 0 amide bonds. The fourth-order valence-corrected chi connectivity index (χ4v) is 3.86. The van der Waals surface area contributed by atoms with E-state index in [-0.39, 0.29) is 11.9 Å². The Bertz CT molecular complexity index is 984. The molecule has 7 nitrogen and oxygen atoms in total. The van der Waals surface area contributed by atoms with Crippen LogP contribution in [0.2, 0.25) is 0 Å². The molecule has 0 radical (unpaired) electrons. The molecule has 5 rings (SSSR count). The monoisotopic (exact) mass is 369 g/mol. The van der Waals surface area contributed by atoms with Crippen LogP contribution in [0.3, 0.4) is 0 Å². The molecule has 2 aliphatic rings. The van der Waals surface area contributed by atoms with Gasteiger partial charge in [0.15, 0.2) is 5.65 Å². The third-order valence-electron chi connectivity index (χ3n) is 5.25. The minimum atomic E-state index is -0.237. The summed E-state index contributed by atoms with van der Waals surface area (Å²) in [7, 11) is 0. The molecule has 1 unspecified atom stereocenters. The van der Waals surface area contributed by atoms with Crippen LogP contribution in [0.25, 0.3) is 5.65 Å². The third-order valence-corrected chi connectivity index (χ3v) is 5.25. The second kappa shape index (κ2) is 6.77. The van der Waals surface area contributed by atoms with Gasteiger partial charge >= 0.3 is 0 Å². The zero-order chi connectivity index (χ0) is 18.2. The van der Waals surface area contributed by atoms with Crippen molar-refractivity contribution < 1.29 is 13.9 Å². The van der Waals surface area contributed by atoms with E-state index in [1.165, 1.54) is 6.07 Å². The van der Waals surface area contributed by atoms with E-state index in [0.29, 0.717) is 24.7 Å². The molecule has 1 N–H and O–H groups in total. The maximum Gasteiger partial charge on any atom is 0.210 e. The van der Waals surface area contributed by atoms with Crippen molar-refractivity contribution in [2.45, 2.75) is 38.3 Å². The topological polar surface area (TPSA) is 73.6 Å². The summed E-state index contributed by atoms with van der Waals surface area (Å²) < 4.78 is 27.6. The van der Waals surface area contributed by atoms with Gasteiger partial charge in [0.2, 0.25) is 5.95 Å². The first-order chi connectivity index (χ1) is 13.3. The van der Waals surface area contributed by atoms with Gasteiger partial charge in [-0.15, -0.1) is 10.2 Å². The van der Waals surface area contributed by atoms with Gasteiger partial charge in [-0.3, -0.25) is 4.40 Å². The first-order valence-corrected chi connectivity index (χ1v) is 9.28. The number of halogens is 1. The predicted molar refractivity (Wildman–Crippen MR) is 96.3 cm³/mol. The van der Waals surface area contributed by atoms with Crippen LogP contribution in [0.1, 0.15) is 42.1 Å². The van der Waals surface area contributed by atoms with E-state index in [1.54, 1.807) is 23.0 Å². The van der Waals surface area contributed by atoms with Crippen molar-refractivity contribution in [2.75, 3.05) is 18.5 Å². The first kappa shape index (κ1) is 16.4. The minimum Gasteiger partial charge on any atom is -0.493 e. The van der Waals surface area contributed by atoms with Crippen molar-refractivity contribution in [3.05, 3.63) is 47.2 Å². The number of aromatic nitrogens is 4. The molecule has 1 aromatic carbocycles. The first-order valence-electron chi connectivity index (χ1n) is 9.28. The number of hydrogen-bond donors (Lipinski definition) is 1. The normalized spacial score (nSPS) is 19.1. The Hall–Kier alpha value is -2.74. The summed E-state index contributed by atoms with van der Waals surface area (Å²) in [4.78, 5) is 4.53. The van der Waals surface area contributed by atoms with E-state index in [0.717, 1.165) is 54.8 Å². The second-order valence-corrected chi connectivity index (χ2v) is 6.87. The number of rotatable bonds is 4. The van der Waals surface area contributed by atoms with Crippen LogP contribution in [0.15, 0.2) is 24.7 Å². The SMILES string of the molecule is Fc1ccc2c(c1CNc1ncc(C3CCCCO3)c3nncn13)CCO2. The van der Waals surface area contributed by atoms with Gasteiger partial charge in [0, 0.05) is 42.5 Å². The summed E-state index contributed by atoms with van der Waals surface area (Å²) in [6, 6.07) is 3.14. The van der Waals surface area contributed by atoms with E-state index in [9.17, 15) is 4.39 Å². The highest BCUT2D eigenvalue weighted by atomic mass is 19.1. The van der Waals surface area contributed by atoms with Gasteiger partial charge in [-0.05, 0) is 31.4 Å². The number of nitrogens with zero attached hydrogens (tertiary/aromatic N) is 4. The van der Waals surface area contributed by atoms with Crippen LogP contribution in [-0.2, 0) is 17.7 Å². The third kappa shape index (κ3) is 2.90. The van der Waals surface area contributed by atoms with Gasteiger partial charge in [0.05, 0.1) is 12.7 Å². The van der Waals surface area contributed by atoms with E-state index in [4.69, 9.17) is 9.47 Å². The Labute approximate surface area is 155 Å². The highest BCUT2D eigenvalue weighted by molar-refractivity contribution is 5.52. The van der Waals surface area contributed by atoms with Crippen molar-refractivity contribution >= 4 is 11.6 Å². The summed E-state index contributed by atoms with van der Waals surface area (Å²) >= 11 is 0. The number of benzene rings is 1. The molecule has 27 heavy (non-hydrogen) atoms. The standard InChI is InChI=1S/C19H20FN5O2/c20-15-4-5-17-12(6-8-27-17)13(15)9-21-19-22-10-14(16-3-1-2-7-26-16)18-24-23-11-25(18)19/h4-5,10-11,16H,1-3,6-9H2,(H,21,22). The average Bonchev–Trinajstić information content (AvgIpc) is 3.37. The van der Waals surface area contributed by atoms with Gasteiger partial charge in [-0.1, -0.05) is 0 Å². The lowest BCUT2D eigenvalue weighted by molar-refractivity contribution is 0.0153. The Morgan fingerprint density at radius 1 is 1.26 bits per heavy atom. The van der Waals surface area contributed by atoms with Crippen LogP contribution in [0.5, 0.6) is 5.75 Å². The molecule has 0 saturated carbocycles. The highest BCUT2D eigenvalue weighted by Crippen LogP contribution is 2.32. The van der Waals surface area contributed by atoms with E-state index in [2.05, 4.69) is 20.5 Å². The maximum absolute atomic E-state index is 14.3. The van der Waals surface area contributed by atoms with E-state index < -0.39 is 0 Å². The van der Waals surface area contributed by atoms with E-state index >= 15 is 0 Å². The van der Waals surface area contributed by atoms with Crippen LogP contribution in [-0.4, -0.2) is 32.8 Å². The summed E-state index contributed by atoms with van der Waals surface area (Å²) in [5, 5.41) is 11.5. The Kier molecular flexibility index (Phi) is 4.12. The molecule has 0 aliphatic carbocycles. The maximum atomic E-state index is 14.3. The summed E-state index contributed by atoms with van der Waals surface area (Å²) in [6.45, 7) is 1.67. The lowest BCUT2D eigenvalue weighted by Crippen LogP contribution is -2.15. The lowest BCUT2D eigenvalue weighted by atomic mass is 10.0. The van der Waals surface area contributed by atoms with Crippen molar-refractivity contribution in [2.24, 2.45) is 0 Å². The molecule has 140 valence electrons. The zero-order valence-electron chi connectivity index (χ0n) is 14.8. The minimum absolute atomic E-state index is 0.000939. The number of anilines is 1. The molecule has 2 aliphatic heterocycles. The molecule has 8 heteroatoms. The fraction of sp³-hybridized carbons (Fsp3) is 0.421. The Balaban J connectivity index is 1.44. The molecular weight excluding hydrogens is 349 g/mol. The van der Waals surface area contributed by atoms with Crippen LogP contribution in [0.4, 0.5) is 10.3 Å². The molecule has 1 saturated heterocycles. The Morgan fingerprint density at radius 3 is 3.11 bits per heavy atom. The van der Waals surface area contributed by atoms with Crippen molar-refractivity contribution in [1.82, 2.24) is 19.6 Å². The van der Waals surface area contributed by atoms with Crippen LogP contribution < -0.4 is 10.1 Å². The smallest absolute Gasteiger partial charge is 0.210 e. The largest absolute Gasteiger partial charge is 0.493 e. The van der Waals surface area contributed by atoms with Crippen molar-refractivity contribution in [1.29, 1.82) is 0 Å². The molecule has 0 bridgehead atoms. The molecule has 1 fully saturated rings. The summed E-state index contributed by atoms with van der Waals surface area (Å²) in [5.74, 6) is 1.10. The molecule has 3 aromatic rings. The molecule has 0 spiro atoms. The van der Waals surface area contributed by atoms with Crippen molar-refractivity contribution in [3.8, 4) is 5.75 Å². The molecular formula is C19H20FN5O2. The van der Waals surface area contributed by atoms with Gasteiger partial charge in [-0.2, -0.15) is 0 Å². The van der Waals surface area contributed by atoms with Gasteiger partial charge in [-0.25, -0.2) is 9.37 Å². The van der Waals surface area contributed by atoms with Gasteiger partial charge < -0.3 is 14.8 Å². The zero-order valence-corrected chi connectivity index (χ0v) is 14.8. The number of ether oxygens (including phenoxy) is 2. The summed E-state index contributed by atoms with van der Waals surface area (Å²) in [5.41, 5.74) is 3.21. The number of nitrogens with one attached hydrogen (secondary N) is 1. The van der Waals surface area contributed by atoms with Gasteiger partial charge in [0.25, 0.3) is 0 Å². The molecule has 1 atom stereocenters. The highest BCUT2D eigenvalue weighted by Gasteiger charge is 2.23. The van der Waals surface area contributed by atoms with Crippen LogP contribution in [0, 0.1) is 5.82 Å². The lowest BCUT2D eigenvalue weighted by Gasteiger charge is -2.23. The fourth-order valence-electron chi connectivity index (χ4n) is 3.86. The second-order valence-electron chi connectivity index (χ2n) is 6.87. The Morgan fingerprint density at radius 2 is 2.22 bits per heavy atom. The van der Waals surface area contributed by atoms with Crippen LogP contribution >= 0.6 is 0 Å². The summed E-state index contributed by atoms with van der Waals surface area (Å²) in [6.07, 6.45) is 7.30. The number of fused-ring (bicyclic) bond motifs is 2.